The lowest BCUT2D eigenvalue weighted by Crippen LogP contribution is -2.66. The molecule has 16 N–H and O–H groups in total. The number of fused-ring (bicyclic) bond motifs is 7. The smallest absolute Gasteiger partial charge is 0.187 e. The Balaban J connectivity index is 0.736. The molecule has 0 radical (unpaired) electrons. The number of rotatable bonds is 17. The fraction of sp³-hybridized carbons (Fsp3) is 0.967. The van der Waals surface area contributed by atoms with Gasteiger partial charge in [-0.1, -0.05) is 39.3 Å². The molecule has 10 fully saturated rings. The van der Waals surface area contributed by atoms with Gasteiger partial charge in [0.2, 0.25) is 0 Å². The molecule has 7 heterocycles. The first-order chi connectivity index (χ1) is 42.1. The molecule has 11 aliphatic rings. The van der Waals surface area contributed by atoms with Crippen molar-refractivity contribution >= 4 is 0 Å². The van der Waals surface area contributed by atoms with Gasteiger partial charge < -0.3 is 143 Å². The van der Waals surface area contributed by atoms with E-state index in [1.165, 1.54) is 19.4 Å². The quantitative estimate of drug-likeness (QED) is 0.0611. The lowest BCUT2D eigenvalue weighted by Gasteiger charge is -2.58. The second kappa shape index (κ2) is 27.2. The third kappa shape index (κ3) is 13.0. The highest BCUT2D eigenvalue weighted by Gasteiger charge is 2.68. The van der Waals surface area contributed by atoms with Crippen LogP contribution in [0.15, 0.2) is 11.6 Å². The van der Waals surface area contributed by atoms with E-state index in [1.807, 2.05) is 6.92 Å². The number of aliphatic hydroxyl groups excluding tert-OH is 15. The molecule has 3 saturated carbocycles. The summed E-state index contributed by atoms with van der Waals surface area (Å²) in [5.41, 5.74) is 1.01. The summed E-state index contributed by atoms with van der Waals surface area (Å²) in [6.45, 7) is 9.82. The maximum Gasteiger partial charge on any atom is 0.187 e. The van der Waals surface area contributed by atoms with Gasteiger partial charge in [-0.05, 0) is 106 Å². The van der Waals surface area contributed by atoms with Crippen LogP contribution >= 0.6 is 0 Å². The minimum absolute atomic E-state index is 0.0844. The highest BCUT2D eigenvalue weighted by atomic mass is 16.8. The first-order valence-corrected chi connectivity index (χ1v) is 32.0. The molecular weight excluding hydrogens is 1180 g/mol. The summed E-state index contributed by atoms with van der Waals surface area (Å²) in [6.07, 6.45) is -33.7. The average Bonchev–Trinajstić information content (AvgIpc) is 1.58. The van der Waals surface area contributed by atoms with Crippen molar-refractivity contribution in [3.8, 4) is 0 Å². The van der Waals surface area contributed by atoms with Gasteiger partial charge in [0.05, 0.1) is 57.5 Å². The SMILES string of the molecule is C[C@H](CCC1(O)O[C@H]2C[C@H]3[C@@H]4CC=C5CC(O[C@@H]6OC[C@@H](O)[C@H](O)[C@H]6O[C@@H]6OC[C@@H](O[C@@H]7O[C@@H](C)[C@H](O)[C@@H](O)[C@H]7O[C@@H]7O[C@@H](C)[C@H](O)[C@@H](O)[C@H]7O)[C@H](O)[C@H]6O[C@@H]6OC[C@@H](O)[C@H](O)[C@H]6O)CC[C@]5(C)[C@H]4CC[C@]3(C)[C@H]2[C@@H]1C)CO[C@@H]1O[C@H](CO)[C@@H](O)[C@H](O)[C@H]1O. The molecule has 89 heavy (non-hydrogen) atoms. The van der Waals surface area contributed by atoms with E-state index in [2.05, 4.69) is 26.8 Å². The molecule has 29 heteroatoms. The van der Waals surface area contributed by atoms with Crippen LogP contribution < -0.4 is 0 Å². The lowest BCUT2D eigenvalue weighted by atomic mass is 9.47. The van der Waals surface area contributed by atoms with E-state index in [1.54, 1.807) is 0 Å². The molecule has 0 aromatic heterocycles. The van der Waals surface area contributed by atoms with Crippen LogP contribution in [-0.2, 0) is 61.6 Å². The van der Waals surface area contributed by atoms with Crippen molar-refractivity contribution in [2.45, 2.75) is 283 Å². The Morgan fingerprint density at radius 3 is 1.88 bits per heavy atom. The predicted octanol–water partition coefficient (Wildman–Crippen LogP) is -4.41. The average molecular weight is 1280 g/mol. The van der Waals surface area contributed by atoms with E-state index in [0.717, 1.165) is 32.1 Å². The molecule has 11 rings (SSSR count). The van der Waals surface area contributed by atoms with Crippen LogP contribution in [0.3, 0.4) is 0 Å². The van der Waals surface area contributed by atoms with Crippen LogP contribution in [0.2, 0.25) is 0 Å². The Morgan fingerprint density at radius 1 is 0.573 bits per heavy atom. The molecule has 7 saturated heterocycles. The van der Waals surface area contributed by atoms with E-state index in [4.69, 9.17) is 61.6 Å². The van der Waals surface area contributed by atoms with Crippen LogP contribution in [0, 0.1) is 46.3 Å². The monoisotopic (exact) mass is 1280 g/mol. The standard InChI is InChI=1S/C60H98O29/c1-22(18-77-52-47(74)44(71)41(68)34(17-61)84-52)9-14-60(76)23(2)36-33(89-60)16-30-28-8-7-26-15-27(10-12-58(26,5)29(28)11-13-59(30,36)6)83-55-49(40(67)32(63)20-79-55)88-56-50(86-53-46(73)39(66)31(62)19-78-53)42(69)35(21-80-56)85-57-51(45(72)38(65)25(4)82-57)87-54-48(75)43(70)37(64)24(3)81-54/h7,22-25,27-57,61-76H,8-21H2,1-6H3/t22-,23+,24+,25+,27?,28-,29+,30+,31-,32-,33+,34-,35-,36+,37+,38+,39+,40+,41-,42+,43-,44+,45-,46-,47-,48-,49-,50-,51-,52-,53+,54+,55+,56+,57+,58+,59+,60?/m1/s1. The van der Waals surface area contributed by atoms with Crippen molar-refractivity contribution in [3.63, 3.8) is 0 Å². The Kier molecular flexibility index (Phi) is 21.1. The van der Waals surface area contributed by atoms with Crippen molar-refractivity contribution in [2.75, 3.05) is 33.0 Å². The first kappa shape index (κ1) is 68.9. The van der Waals surface area contributed by atoms with E-state index >= 15 is 0 Å². The van der Waals surface area contributed by atoms with Crippen LogP contribution in [0.25, 0.3) is 0 Å². The number of aliphatic hydroxyl groups is 16. The van der Waals surface area contributed by atoms with Crippen LogP contribution in [0.4, 0.5) is 0 Å². The minimum atomic E-state index is -1.87. The van der Waals surface area contributed by atoms with E-state index in [-0.39, 0.29) is 47.9 Å². The highest BCUT2D eigenvalue weighted by Crippen LogP contribution is 2.70. The highest BCUT2D eigenvalue weighted by molar-refractivity contribution is 5.26. The third-order valence-corrected chi connectivity index (χ3v) is 22.5. The largest absolute Gasteiger partial charge is 0.394 e. The van der Waals surface area contributed by atoms with E-state index < -0.39 is 198 Å². The third-order valence-electron chi connectivity index (χ3n) is 22.5. The number of hydrogen-bond donors (Lipinski definition) is 16. The molecule has 0 amide bonds. The van der Waals surface area contributed by atoms with Crippen LogP contribution in [0.1, 0.15) is 99.3 Å². The maximum atomic E-state index is 12.2. The predicted molar refractivity (Wildman–Crippen MR) is 296 cm³/mol. The zero-order valence-electron chi connectivity index (χ0n) is 51.1. The van der Waals surface area contributed by atoms with Crippen molar-refractivity contribution in [2.24, 2.45) is 46.3 Å². The molecule has 0 spiro atoms. The summed E-state index contributed by atoms with van der Waals surface area (Å²) in [7, 11) is 0. The fourth-order valence-electron chi connectivity index (χ4n) is 17.0. The van der Waals surface area contributed by atoms with Gasteiger partial charge in [-0.2, -0.15) is 0 Å². The normalized spacial score (nSPS) is 55.6. The van der Waals surface area contributed by atoms with Crippen LogP contribution in [0.5, 0.6) is 0 Å². The number of allylic oxidation sites excluding steroid dienone is 1. The van der Waals surface area contributed by atoms with Gasteiger partial charge in [0, 0.05) is 12.3 Å². The van der Waals surface area contributed by atoms with Gasteiger partial charge >= 0.3 is 0 Å². The second-order valence-corrected chi connectivity index (χ2v) is 28.1. The molecule has 38 atom stereocenters. The number of ether oxygens (including phenoxy) is 13. The topological polar surface area (TPSA) is 444 Å². The molecule has 0 aromatic carbocycles. The van der Waals surface area contributed by atoms with E-state index in [9.17, 15) is 81.7 Å². The molecular formula is C60H98O29. The van der Waals surface area contributed by atoms with Gasteiger partial charge in [0.1, 0.15) is 116 Å². The first-order valence-electron chi connectivity index (χ1n) is 32.0. The Labute approximate surface area is 516 Å². The molecule has 4 aliphatic carbocycles. The van der Waals surface area contributed by atoms with Gasteiger partial charge in [-0.3, -0.25) is 0 Å². The zero-order valence-corrected chi connectivity index (χ0v) is 51.1. The molecule has 0 bridgehead atoms. The Bertz CT molecular complexity index is 2380. The summed E-state index contributed by atoms with van der Waals surface area (Å²) in [5.74, 6) is -0.391. The van der Waals surface area contributed by atoms with Crippen LogP contribution in [-0.4, -0.2) is 299 Å². The zero-order chi connectivity index (χ0) is 64.1. The molecule has 7 aliphatic heterocycles. The molecule has 0 aromatic rings. The Hall–Kier alpha value is -1.42. The molecule has 2 unspecified atom stereocenters. The lowest BCUT2D eigenvalue weighted by molar-refractivity contribution is -0.395. The summed E-state index contributed by atoms with van der Waals surface area (Å²) >= 11 is 0. The van der Waals surface area contributed by atoms with Gasteiger partial charge in [0.15, 0.2) is 43.5 Å². The second-order valence-electron chi connectivity index (χ2n) is 28.1. The maximum absolute atomic E-state index is 12.2. The number of hydrogen-bond acceptors (Lipinski definition) is 29. The van der Waals surface area contributed by atoms with Crippen molar-refractivity contribution < 1.29 is 143 Å². The van der Waals surface area contributed by atoms with Gasteiger partial charge in [0.25, 0.3) is 0 Å². The summed E-state index contributed by atoms with van der Waals surface area (Å²) < 4.78 is 78.7. The van der Waals surface area contributed by atoms with Gasteiger partial charge in [-0.25, -0.2) is 0 Å². The van der Waals surface area contributed by atoms with Crippen molar-refractivity contribution in [3.05, 3.63) is 11.6 Å². The van der Waals surface area contributed by atoms with Gasteiger partial charge in [-0.15, -0.1) is 0 Å². The summed E-state index contributed by atoms with van der Waals surface area (Å²) in [5, 5.41) is 173. The minimum Gasteiger partial charge on any atom is -0.394 e. The Morgan fingerprint density at radius 2 is 1.16 bits per heavy atom. The van der Waals surface area contributed by atoms with E-state index in [0.29, 0.717) is 43.4 Å². The fourth-order valence-corrected chi connectivity index (χ4v) is 17.0. The summed E-state index contributed by atoms with van der Waals surface area (Å²) in [6, 6.07) is 0. The summed E-state index contributed by atoms with van der Waals surface area (Å²) in [4.78, 5) is 0. The van der Waals surface area contributed by atoms with Crippen molar-refractivity contribution in [1.82, 2.24) is 0 Å². The van der Waals surface area contributed by atoms with Crippen molar-refractivity contribution in [1.29, 1.82) is 0 Å². The molecule has 29 nitrogen and oxygen atoms in total. The molecule has 512 valence electrons.